The van der Waals surface area contributed by atoms with Gasteiger partial charge in [-0.1, -0.05) is 0 Å². The van der Waals surface area contributed by atoms with E-state index in [0.29, 0.717) is 12.1 Å². The Labute approximate surface area is 215 Å². The highest BCUT2D eigenvalue weighted by Gasteiger charge is 2.39. The normalized spacial score (nSPS) is 20.8. The lowest BCUT2D eigenvalue weighted by Gasteiger charge is -2.38. The zero-order chi connectivity index (χ0) is 25.4. The highest BCUT2D eigenvalue weighted by Crippen LogP contribution is 2.44. The first kappa shape index (κ1) is 22.4. The Balaban J connectivity index is 1.41. The molecule has 4 aromatic rings. The van der Waals surface area contributed by atoms with Crippen molar-refractivity contribution in [3.8, 4) is 11.3 Å². The predicted octanol–water partition coefficient (Wildman–Crippen LogP) is 3.21. The summed E-state index contributed by atoms with van der Waals surface area (Å²) in [5.74, 6) is 0. The van der Waals surface area contributed by atoms with Gasteiger partial charge in [0, 0.05) is 69.2 Å². The monoisotopic (exact) mass is 497 g/mol. The van der Waals surface area contributed by atoms with Crippen LogP contribution >= 0.6 is 0 Å². The Morgan fingerprint density at radius 2 is 1.86 bits per heavy atom. The Kier molecular flexibility index (Phi) is 4.88. The molecule has 0 unspecified atom stereocenters. The number of aromatic nitrogens is 4. The molecule has 0 amide bonds. The maximum absolute atomic E-state index is 12.9. The van der Waals surface area contributed by atoms with Crippen LogP contribution in [0.15, 0.2) is 47.7 Å². The van der Waals surface area contributed by atoms with Crippen molar-refractivity contribution in [3.63, 3.8) is 0 Å². The number of morpholine rings is 1. The van der Waals surface area contributed by atoms with Gasteiger partial charge in [0.15, 0.2) is 0 Å². The number of hydrogen-bond acceptors (Lipinski definition) is 7. The third kappa shape index (κ3) is 3.44. The van der Waals surface area contributed by atoms with Crippen molar-refractivity contribution >= 4 is 33.7 Å². The first-order valence-electron chi connectivity index (χ1n) is 12.9. The van der Waals surface area contributed by atoms with E-state index in [4.69, 9.17) is 9.72 Å². The molecule has 3 aromatic heterocycles. The maximum Gasteiger partial charge on any atom is 0.253 e. The molecule has 37 heavy (non-hydrogen) atoms. The van der Waals surface area contributed by atoms with E-state index in [1.807, 2.05) is 45.7 Å². The summed E-state index contributed by atoms with van der Waals surface area (Å²) in [6.07, 6.45) is 7.18. The molecule has 0 aliphatic carbocycles. The average Bonchev–Trinajstić information content (AvgIpc) is 3.65. The number of anilines is 4. The average molecular weight is 498 g/mol. The van der Waals surface area contributed by atoms with Gasteiger partial charge in [0.25, 0.3) is 5.56 Å². The molecule has 2 atom stereocenters. The topological polar surface area (TPSA) is 71.7 Å². The van der Waals surface area contributed by atoms with Gasteiger partial charge in [-0.25, -0.2) is 0 Å². The van der Waals surface area contributed by atoms with Gasteiger partial charge in [-0.15, -0.1) is 0 Å². The van der Waals surface area contributed by atoms with Crippen LogP contribution in [0, 0.1) is 6.92 Å². The van der Waals surface area contributed by atoms with Crippen molar-refractivity contribution < 1.29 is 4.74 Å². The molecule has 9 heteroatoms. The summed E-state index contributed by atoms with van der Waals surface area (Å²) in [6.45, 7) is 5.26. The Morgan fingerprint density at radius 3 is 2.59 bits per heavy atom. The lowest BCUT2D eigenvalue weighted by molar-refractivity contribution is 0.0991. The van der Waals surface area contributed by atoms with Gasteiger partial charge in [0.2, 0.25) is 0 Å². The van der Waals surface area contributed by atoms with Gasteiger partial charge >= 0.3 is 0 Å². The summed E-state index contributed by atoms with van der Waals surface area (Å²) in [5.41, 5.74) is 8.11. The second kappa shape index (κ2) is 8.08. The van der Waals surface area contributed by atoms with Crippen LogP contribution in [0.5, 0.6) is 0 Å². The molecule has 6 heterocycles. The van der Waals surface area contributed by atoms with Crippen LogP contribution in [0.4, 0.5) is 22.7 Å². The number of benzene rings is 1. The third-order valence-corrected chi connectivity index (χ3v) is 8.23. The summed E-state index contributed by atoms with van der Waals surface area (Å²) < 4.78 is 9.47. The predicted molar refractivity (Wildman–Crippen MR) is 146 cm³/mol. The van der Waals surface area contributed by atoms with Crippen molar-refractivity contribution in [3.05, 3.63) is 58.8 Å². The lowest BCUT2D eigenvalue weighted by atomic mass is 10.0. The third-order valence-electron chi connectivity index (χ3n) is 8.23. The number of ether oxygens (including phenoxy) is 1. The van der Waals surface area contributed by atoms with Crippen LogP contribution < -0.4 is 20.3 Å². The number of likely N-dealkylation sites (N-methyl/N-ethyl adjacent to an activating group) is 1. The molecule has 3 aliphatic rings. The zero-order valence-electron chi connectivity index (χ0n) is 21.7. The fourth-order valence-electron chi connectivity index (χ4n) is 6.19. The molecule has 0 N–H and O–H groups in total. The summed E-state index contributed by atoms with van der Waals surface area (Å²) in [6, 6.07) is 9.08. The highest BCUT2D eigenvalue weighted by molar-refractivity contribution is 5.99. The van der Waals surface area contributed by atoms with Crippen LogP contribution in [-0.4, -0.2) is 64.8 Å². The van der Waals surface area contributed by atoms with Crippen molar-refractivity contribution in [1.82, 2.24) is 19.3 Å². The first-order valence-corrected chi connectivity index (χ1v) is 12.9. The van der Waals surface area contributed by atoms with E-state index < -0.39 is 0 Å². The largest absolute Gasteiger partial charge is 0.374 e. The minimum atomic E-state index is 0.0448. The summed E-state index contributed by atoms with van der Waals surface area (Å²) in [7, 11) is 5.93. The van der Waals surface area contributed by atoms with E-state index >= 15 is 0 Å². The quantitative estimate of drug-likeness (QED) is 0.430. The fourth-order valence-corrected chi connectivity index (χ4v) is 6.19. The Bertz CT molecular complexity index is 1610. The van der Waals surface area contributed by atoms with E-state index in [1.165, 1.54) is 0 Å². The lowest BCUT2D eigenvalue weighted by Crippen LogP contribution is -2.38. The van der Waals surface area contributed by atoms with Crippen LogP contribution in [0.25, 0.3) is 22.2 Å². The number of rotatable bonds is 3. The number of hydrogen-bond donors (Lipinski definition) is 0. The Morgan fingerprint density at radius 1 is 1.00 bits per heavy atom. The summed E-state index contributed by atoms with van der Waals surface area (Å²) >= 11 is 0. The van der Waals surface area contributed by atoms with E-state index in [1.54, 1.807) is 9.25 Å². The molecule has 2 saturated heterocycles. The zero-order valence-corrected chi connectivity index (χ0v) is 21.7. The molecule has 2 fully saturated rings. The molecular formula is C28H31N7O2. The first-order chi connectivity index (χ1) is 17.9. The number of nitrogens with zero attached hydrogens (tertiary/aromatic N) is 7. The van der Waals surface area contributed by atoms with E-state index in [2.05, 4.69) is 45.0 Å². The SMILES string of the molecule is Cc1cc2c(N3CCN(C)c4cc(-c5cnn(C)c5)ncc43)cc(N3C[C@@H]4C[C@H]3CO4)cc2n(C)c1=O. The molecule has 3 aliphatic heterocycles. The molecule has 1 aromatic carbocycles. The van der Waals surface area contributed by atoms with E-state index in [9.17, 15) is 4.79 Å². The van der Waals surface area contributed by atoms with Gasteiger partial charge in [-0.3, -0.25) is 14.5 Å². The summed E-state index contributed by atoms with van der Waals surface area (Å²) in [5, 5.41) is 5.40. The molecule has 7 rings (SSSR count). The Hall–Kier alpha value is -3.85. The molecule has 0 radical (unpaired) electrons. The molecule has 0 saturated carbocycles. The van der Waals surface area contributed by atoms with Crippen molar-refractivity contribution in [2.24, 2.45) is 14.1 Å². The smallest absolute Gasteiger partial charge is 0.253 e. The van der Waals surface area contributed by atoms with Crippen molar-refractivity contribution in [2.45, 2.75) is 25.5 Å². The number of aryl methyl sites for hydroxylation is 3. The number of fused-ring (bicyclic) bond motifs is 4. The molecule has 190 valence electrons. The number of pyridine rings is 2. The van der Waals surface area contributed by atoms with Crippen molar-refractivity contribution in [2.75, 3.05) is 48.0 Å². The molecular weight excluding hydrogens is 466 g/mol. The minimum Gasteiger partial charge on any atom is -0.374 e. The standard InChI is InChI=1S/C28H31N7O2/c1-17-7-22-24(33(4)28(17)36)9-19(35-15-21-8-20(35)16-37-21)10-25(22)34-6-5-31(2)26-11-23(29-13-27(26)34)18-12-30-32(3)14-18/h7,9-14,20-21H,5-6,8,15-16H2,1-4H3/t20-,21-/m0/s1. The fraction of sp³-hybridized carbons (Fsp3) is 0.393. The minimum absolute atomic E-state index is 0.0448. The van der Waals surface area contributed by atoms with Crippen molar-refractivity contribution in [1.29, 1.82) is 0 Å². The van der Waals surface area contributed by atoms with Gasteiger partial charge < -0.3 is 24.0 Å². The van der Waals surface area contributed by atoms with Gasteiger partial charge in [-0.05, 0) is 37.6 Å². The van der Waals surface area contributed by atoms with Gasteiger partial charge in [0.05, 0.1) is 59.4 Å². The molecule has 2 bridgehead atoms. The second-order valence-electron chi connectivity index (χ2n) is 10.6. The molecule has 9 nitrogen and oxygen atoms in total. The van der Waals surface area contributed by atoms with Gasteiger partial charge in [0.1, 0.15) is 0 Å². The van der Waals surface area contributed by atoms with Crippen LogP contribution in [0.1, 0.15) is 12.0 Å². The maximum atomic E-state index is 12.9. The molecule has 0 spiro atoms. The second-order valence-corrected chi connectivity index (χ2v) is 10.6. The summed E-state index contributed by atoms with van der Waals surface area (Å²) in [4.78, 5) is 24.9. The van der Waals surface area contributed by atoms with Crippen LogP contribution in [-0.2, 0) is 18.8 Å². The van der Waals surface area contributed by atoms with Crippen LogP contribution in [0.3, 0.4) is 0 Å². The highest BCUT2D eigenvalue weighted by atomic mass is 16.5. The van der Waals surface area contributed by atoms with E-state index in [-0.39, 0.29) is 5.56 Å². The van der Waals surface area contributed by atoms with E-state index in [0.717, 1.165) is 83.1 Å². The van der Waals surface area contributed by atoms with Crippen LogP contribution in [0.2, 0.25) is 0 Å². The van der Waals surface area contributed by atoms with Gasteiger partial charge in [-0.2, -0.15) is 5.10 Å².